The van der Waals surface area contributed by atoms with Gasteiger partial charge in [-0.2, -0.15) is 0 Å². The maximum atomic E-state index is 5.89. The van der Waals surface area contributed by atoms with Crippen LogP contribution in [0.3, 0.4) is 0 Å². The van der Waals surface area contributed by atoms with Gasteiger partial charge in [0.2, 0.25) is 0 Å². The number of benzene rings is 6. The molecule has 5 heteroatoms. The van der Waals surface area contributed by atoms with E-state index in [1.165, 1.54) is 22.3 Å². The van der Waals surface area contributed by atoms with Crippen LogP contribution in [0.25, 0.3) is 61.5 Å². The van der Waals surface area contributed by atoms with Gasteiger partial charge in [-0.3, -0.25) is 4.98 Å². The van der Waals surface area contributed by atoms with Gasteiger partial charge in [0.1, 0.15) is 0 Å². The minimum atomic E-state index is 0. The largest absolute Gasteiger partial charge is 0.557 e. The second-order valence-electron chi connectivity index (χ2n) is 11.7. The summed E-state index contributed by atoms with van der Waals surface area (Å²) in [6.07, 6.45) is 5.82. The first kappa shape index (κ1) is 32.7. The van der Waals surface area contributed by atoms with Crippen molar-refractivity contribution in [2.45, 2.75) is 6.42 Å². The maximum absolute atomic E-state index is 5.89. The third-order valence-electron chi connectivity index (χ3n) is 8.49. The molecule has 0 fully saturated rings. The molecular weight excluding hydrogens is 791 g/mol. The van der Waals surface area contributed by atoms with Crippen molar-refractivity contribution in [2.24, 2.45) is 0 Å². The number of para-hydroxylation sites is 2. The summed E-state index contributed by atoms with van der Waals surface area (Å²) in [7, 11) is 0. The number of hydrogen-bond donors (Lipinski definition) is 0. The normalized spacial score (nSPS) is 10.7. The first-order valence-electron chi connectivity index (χ1n) is 16.3. The van der Waals surface area contributed by atoms with Crippen LogP contribution >= 0.6 is 0 Å². The van der Waals surface area contributed by atoms with Crippen molar-refractivity contribution in [3.63, 3.8) is 0 Å². The van der Waals surface area contributed by atoms with Gasteiger partial charge in [0.25, 0.3) is 0 Å². The molecule has 0 spiro atoms. The molecule has 1 radical (unpaired) electrons. The fourth-order valence-corrected chi connectivity index (χ4v) is 6.09. The average molecular weight is 822 g/mol. The topological polar surface area (TPSA) is 43.9 Å². The molecule has 3 heterocycles. The van der Waals surface area contributed by atoms with Crippen molar-refractivity contribution in [3.05, 3.63) is 200 Å². The van der Waals surface area contributed by atoms with Gasteiger partial charge in [0.05, 0.1) is 16.9 Å². The van der Waals surface area contributed by atoms with Crippen molar-refractivity contribution in [3.8, 4) is 39.5 Å². The molecule has 0 unspecified atom stereocenters. The summed E-state index contributed by atoms with van der Waals surface area (Å²) in [5.41, 5.74) is 11.6. The SMILES string of the molecule is [Ir].[c-]1ccccc1-c1ccccn1.[c-]1oc2ccc(Cc3ccccc3)cc2c1-c1nc2ccccc2n1-c1ccc(-c2ccccc2)cc1. The van der Waals surface area contributed by atoms with E-state index in [1.54, 1.807) is 6.20 Å². The fraction of sp³-hybridized carbons (Fsp3) is 0.0222. The van der Waals surface area contributed by atoms with Crippen LogP contribution in [0, 0.1) is 12.3 Å². The van der Waals surface area contributed by atoms with Gasteiger partial charge in [0.15, 0.2) is 0 Å². The average Bonchev–Trinajstić information content (AvgIpc) is 3.78. The molecule has 50 heavy (non-hydrogen) atoms. The van der Waals surface area contributed by atoms with E-state index >= 15 is 0 Å². The smallest absolute Gasteiger partial charge is 0.0774 e. The van der Waals surface area contributed by atoms with E-state index in [2.05, 4.69) is 125 Å². The fourth-order valence-electron chi connectivity index (χ4n) is 6.09. The van der Waals surface area contributed by atoms with Crippen molar-refractivity contribution in [1.29, 1.82) is 0 Å². The first-order valence-corrected chi connectivity index (χ1v) is 16.3. The Kier molecular flexibility index (Phi) is 9.88. The van der Waals surface area contributed by atoms with Gasteiger partial charge in [-0.1, -0.05) is 132 Å². The van der Waals surface area contributed by atoms with Crippen LogP contribution in [0.4, 0.5) is 0 Å². The molecule has 0 amide bonds. The molecule has 3 aromatic heterocycles. The third-order valence-corrected chi connectivity index (χ3v) is 8.49. The molecule has 0 N–H and O–H groups in total. The molecule has 0 atom stereocenters. The zero-order chi connectivity index (χ0) is 32.8. The monoisotopic (exact) mass is 822 g/mol. The molecule has 0 aliphatic heterocycles. The van der Waals surface area contributed by atoms with E-state index in [0.717, 1.165) is 56.8 Å². The predicted molar refractivity (Wildman–Crippen MR) is 198 cm³/mol. The maximum Gasteiger partial charge on any atom is 0.0774 e. The van der Waals surface area contributed by atoms with E-state index in [1.807, 2.05) is 66.7 Å². The number of furan rings is 1. The van der Waals surface area contributed by atoms with Crippen molar-refractivity contribution >= 4 is 22.0 Å². The molecule has 6 aromatic carbocycles. The number of fused-ring (bicyclic) bond motifs is 2. The second kappa shape index (κ2) is 15.1. The quantitative estimate of drug-likeness (QED) is 0.157. The van der Waals surface area contributed by atoms with E-state index in [-0.39, 0.29) is 20.1 Å². The van der Waals surface area contributed by atoms with Gasteiger partial charge in [0, 0.05) is 43.8 Å². The van der Waals surface area contributed by atoms with E-state index < -0.39 is 0 Å². The van der Waals surface area contributed by atoms with Gasteiger partial charge < -0.3 is 14.0 Å². The number of hydrogen-bond acceptors (Lipinski definition) is 3. The molecule has 0 aliphatic rings. The Hall–Kier alpha value is -5.87. The number of nitrogens with zero attached hydrogens (tertiary/aromatic N) is 3. The molecule has 0 saturated heterocycles. The minimum Gasteiger partial charge on any atom is -0.557 e. The molecule has 4 nitrogen and oxygen atoms in total. The molecule has 9 aromatic rings. The minimum absolute atomic E-state index is 0. The summed E-state index contributed by atoms with van der Waals surface area (Å²) >= 11 is 0. The van der Waals surface area contributed by atoms with Gasteiger partial charge in [-0.25, -0.2) is 0 Å². The summed E-state index contributed by atoms with van der Waals surface area (Å²) in [6.45, 7) is 0. The Labute approximate surface area is 305 Å². The van der Waals surface area contributed by atoms with Crippen LogP contribution in [0.5, 0.6) is 0 Å². The number of rotatable bonds is 6. The Morgan fingerprint density at radius 2 is 1.34 bits per heavy atom. The van der Waals surface area contributed by atoms with E-state index in [9.17, 15) is 0 Å². The Balaban J connectivity index is 0.000000255. The van der Waals surface area contributed by atoms with Crippen LogP contribution in [-0.2, 0) is 26.5 Å². The summed E-state index contributed by atoms with van der Waals surface area (Å²) in [4.78, 5) is 9.27. The molecule has 0 bridgehead atoms. The summed E-state index contributed by atoms with van der Waals surface area (Å²) in [5, 5.41) is 1.02. The van der Waals surface area contributed by atoms with Crippen molar-refractivity contribution in [2.75, 3.05) is 0 Å². The van der Waals surface area contributed by atoms with E-state index in [4.69, 9.17) is 9.40 Å². The standard InChI is InChI=1S/C34H23N2O.C11H8N.Ir/c1-3-9-24(10-4-1)21-25-15-20-33-29(22-25)30(23-37-33)34-35-31-13-7-8-14-32(31)36(34)28-18-16-27(17-19-28)26-11-5-2-6-12-26;1-2-6-10(7-3-1)11-8-4-5-9-12-11;/h1-20,22H,21H2;1-6,8-9H;/q2*-1;. The van der Waals surface area contributed by atoms with Gasteiger partial charge in [-0.15, -0.1) is 35.9 Å². The molecular formula is C45H31IrN3O-2. The number of imidazole rings is 1. The third kappa shape index (κ3) is 6.97. The van der Waals surface area contributed by atoms with Crippen LogP contribution < -0.4 is 0 Å². The number of pyridine rings is 1. The molecule has 243 valence electrons. The molecule has 9 rings (SSSR count). The van der Waals surface area contributed by atoms with Crippen LogP contribution in [-0.4, -0.2) is 14.5 Å². The Morgan fingerprint density at radius 1 is 0.620 bits per heavy atom. The predicted octanol–water partition coefficient (Wildman–Crippen LogP) is 11.0. The Bertz CT molecular complexity index is 2400. The van der Waals surface area contributed by atoms with Gasteiger partial charge in [-0.05, 0) is 59.1 Å². The van der Waals surface area contributed by atoms with Gasteiger partial charge >= 0.3 is 0 Å². The van der Waals surface area contributed by atoms with E-state index in [0.29, 0.717) is 0 Å². The van der Waals surface area contributed by atoms with Crippen LogP contribution in [0.2, 0.25) is 0 Å². The Morgan fingerprint density at radius 3 is 2.10 bits per heavy atom. The first-order chi connectivity index (χ1) is 24.3. The summed E-state index contributed by atoms with van der Waals surface area (Å²) in [5.74, 6) is 0.823. The summed E-state index contributed by atoms with van der Waals surface area (Å²) in [6, 6.07) is 61.0. The van der Waals surface area contributed by atoms with Crippen LogP contribution in [0.1, 0.15) is 11.1 Å². The number of aromatic nitrogens is 3. The second-order valence-corrected chi connectivity index (χ2v) is 11.7. The van der Waals surface area contributed by atoms with Crippen molar-refractivity contribution < 1.29 is 24.5 Å². The molecule has 0 aliphatic carbocycles. The summed E-state index contributed by atoms with van der Waals surface area (Å²) < 4.78 is 8.10. The zero-order valence-corrected chi connectivity index (χ0v) is 29.4. The van der Waals surface area contributed by atoms with Crippen molar-refractivity contribution in [1.82, 2.24) is 14.5 Å². The zero-order valence-electron chi connectivity index (χ0n) is 27.0. The molecule has 0 saturated carbocycles. The van der Waals surface area contributed by atoms with Crippen LogP contribution in [0.15, 0.2) is 180 Å².